The minimum atomic E-state index is -1.84. The van der Waals surface area contributed by atoms with E-state index < -0.39 is 11.4 Å². The van der Waals surface area contributed by atoms with E-state index >= 15 is 0 Å². The van der Waals surface area contributed by atoms with E-state index in [0.29, 0.717) is 0 Å². The minimum Gasteiger partial charge on any atom is -0.250 e. The van der Waals surface area contributed by atoms with Gasteiger partial charge in [0.15, 0.2) is 0 Å². The van der Waals surface area contributed by atoms with Crippen molar-refractivity contribution in [1.29, 1.82) is 0 Å². The molecule has 0 aromatic rings. The third kappa shape index (κ3) is 1.66. The van der Waals surface area contributed by atoms with Crippen molar-refractivity contribution in [3.05, 3.63) is 24.1 Å². The number of hydrogen-bond acceptors (Lipinski definition) is 0. The van der Waals surface area contributed by atoms with E-state index in [1.165, 1.54) is 0 Å². The van der Waals surface area contributed by atoms with Crippen molar-refractivity contribution in [3.63, 3.8) is 0 Å². The first-order valence-electron chi connectivity index (χ1n) is 2.63. The van der Waals surface area contributed by atoms with Crippen LogP contribution in [0.2, 0.25) is 0 Å². The molecule has 3 heteroatoms. The molecule has 0 nitrogen and oxygen atoms in total. The molecule has 0 N–H and O–H groups in total. The zero-order valence-electron chi connectivity index (χ0n) is 4.77. The van der Waals surface area contributed by atoms with E-state index in [9.17, 15) is 8.78 Å². The Morgan fingerprint density at radius 3 is 2.67 bits per heavy atom. The number of rotatable bonds is 0. The topological polar surface area (TPSA) is 0 Å². The Balaban J connectivity index is 2.70. The van der Waals surface area contributed by atoms with Gasteiger partial charge in [-0.3, -0.25) is 4.39 Å². The van der Waals surface area contributed by atoms with Crippen molar-refractivity contribution in [1.82, 2.24) is 0 Å². The van der Waals surface area contributed by atoms with Crippen molar-refractivity contribution >= 4 is 7.85 Å². The van der Waals surface area contributed by atoms with Crippen LogP contribution in [0.15, 0.2) is 24.1 Å². The van der Waals surface area contributed by atoms with E-state index in [4.69, 9.17) is 7.85 Å². The van der Waals surface area contributed by atoms with Gasteiger partial charge in [0.2, 0.25) is 0 Å². The van der Waals surface area contributed by atoms with Crippen molar-refractivity contribution in [2.45, 2.75) is 12.0 Å². The Kier molecular flexibility index (Phi) is 1.43. The SMILES string of the molecule is [B]C1(F)C=CC(F)=CC1. The van der Waals surface area contributed by atoms with Gasteiger partial charge in [-0.15, -0.1) is 0 Å². The lowest BCUT2D eigenvalue weighted by atomic mass is 9.78. The highest BCUT2D eigenvalue weighted by molar-refractivity contribution is 6.16. The Morgan fingerprint density at radius 2 is 2.33 bits per heavy atom. The summed E-state index contributed by atoms with van der Waals surface area (Å²) in [5.41, 5.74) is -1.84. The van der Waals surface area contributed by atoms with E-state index in [2.05, 4.69) is 0 Å². The molecule has 0 aromatic carbocycles. The second kappa shape index (κ2) is 1.97. The van der Waals surface area contributed by atoms with Crippen LogP contribution in [-0.2, 0) is 0 Å². The maximum Gasteiger partial charge on any atom is 0.127 e. The van der Waals surface area contributed by atoms with Gasteiger partial charge in [0.25, 0.3) is 0 Å². The predicted octanol–water partition coefficient (Wildman–Crippen LogP) is 1.63. The molecule has 0 saturated heterocycles. The van der Waals surface area contributed by atoms with Gasteiger partial charge in [-0.25, -0.2) is 4.39 Å². The molecule has 1 rings (SSSR count). The lowest BCUT2D eigenvalue weighted by Gasteiger charge is -2.16. The van der Waals surface area contributed by atoms with Gasteiger partial charge in [0, 0.05) is 0 Å². The highest BCUT2D eigenvalue weighted by atomic mass is 19.1. The molecule has 0 aliphatic heterocycles. The number of allylic oxidation sites excluding steroid dienone is 4. The largest absolute Gasteiger partial charge is 0.250 e. The molecular formula is C6H5BF2. The second-order valence-electron chi connectivity index (χ2n) is 2.05. The molecule has 1 aliphatic carbocycles. The van der Waals surface area contributed by atoms with Crippen LogP contribution in [0.25, 0.3) is 0 Å². The highest BCUT2D eigenvalue weighted by Crippen LogP contribution is 2.21. The fraction of sp³-hybridized carbons (Fsp3) is 0.333. The summed E-state index contributed by atoms with van der Waals surface area (Å²) in [5.74, 6) is -0.422. The summed E-state index contributed by atoms with van der Waals surface area (Å²) < 4.78 is 24.6. The lowest BCUT2D eigenvalue weighted by molar-refractivity contribution is 0.342. The molecule has 9 heavy (non-hydrogen) atoms. The summed E-state index contributed by atoms with van der Waals surface area (Å²) in [6.45, 7) is 0. The molecular weight excluding hydrogens is 121 g/mol. The molecule has 0 spiro atoms. The molecule has 2 radical (unpaired) electrons. The molecule has 0 heterocycles. The first-order chi connectivity index (χ1) is 4.10. The predicted molar refractivity (Wildman–Crippen MR) is 32.5 cm³/mol. The molecule has 1 unspecified atom stereocenters. The fourth-order valence-electron chi connectivity index (χ4n) is 0.608. The van der Waals surface area contributed by atoms with Crippen LogP contribution < -0.4 is 0 Å². The molecule has 0 aromatic heterocycles. The van der Waals surface area contributed by atoms with Crippen LogP contribution in [-0.4, -0.2) is 13.4 Å². The molecule has 0 saturated carbocycles. The first kappa shape index (κ1) is 6.52. The van der Waals surface area contributed by atoms with Crippen molar-refractivity contribution < 1.29 is 8.78 Å². The van der Waals surface area contributed by atoms with Gasteiger partial charge in [0.1, 0.15) is 13.7 Å². The fourth-order valence-corrected chi connectivity index (χ4v) is 0.608. The van der Waals surface area contributed by atoms with E-state index in [1.54, 1.807) is 0 Å². The Labute approximate surface area is 53.7 Å². The summed E-state index contributed by atoms with van der Waals surface area (Å²) >= 11 is 0. The standard InChI is InChI=1S/C6H5BF2/c7-6(9)3-1-5(8)2-4-6/h1-3H,4H2. The minimum absolute atomic E-state index is 0.0741. The average molecular weight is 126 g/mol. The third-order valence-corrected chi connectivity index (χ3v) is 1.13. The van der Waals surface area contributed by atoms with Gasteiger partial charge < -0.3 is 0 Å². The Morgan fingerprint density at radius 1 is 1.67 bits per heavy atom. The van der Waals surface area contributed by atoms with Gasteiger partial charge >= 0.3 is 0 Å². The molecule has 46 valence electrons. The molecule has 0 amide bonds. The normalized spacial score (nSPS) is 34.2. The van der Waals surface area contributed by atoms with E-state index in [1.807, 2.05) is 0 Å². The number of halogens is 2. The Bertz CT molecular complexity index is 170. The summed E-state index contributed by atoms with van der Waals surface area (Å²) in [5, 5.41) is 0. The zero-order chi connectivity index (χ0) is 6.91. The van der Waals surface area contributed by atoms with Gasteiger partial charge in [-0.05, 0) is 18.6 Å². The van der Waals surface area contributed by atoms with E-state index in [-0.39, 0.29) is 6.42 Å². The van der Waals surface area contributed by atoms with Crippen LogP contribution in [0.5, 0.6) is 0 Å². The highest BCUT2D eigenvalue weighted by Gasteiger charge is 2.19. The summed E-state index contributed by atoms with van der Waals surface area (Å²) in [6, 6.07) is 0. The monoisotopic (exact) mass is 126 g/mol. The van der Waals surface area contributed by atoms with Crippen LogP contribution in [0, 0.1) is 0 Å². The van der Waals surface area contributed by atoms with Gasteiger partial charge in [0.05, 0.1) is 5.57 Å². The third-order valence-electron chi connectivity index (χ3n) is 1.13. The summed E-state index contributed by atoms with van der Waals surface area (Å²) in [4.78, 5) is 0. The van der Waals surface area contributed by atoms with Crippen LogP contribution in [0.4, 0.5) is 8.78 Å². The van der Waals surface area contributed by atoms with Crippen LogP contribution in [0.1, 0.15) is 6.42 Å². The maximum absolute atomic E-state index is 12.5. The van der Waals surface area contributed by atoms with Crippen LogP contribution in [0.3, 0.4) is 0 Å². The number of alkyl halides is 1. The first-order valence-corrected chi connectivity index (χ1v) is 2.63. The lowest BCUT2D eigenvalue weighted by Crippen LogP contribution is -2.20. The van der Waals surface area contributed by atoms with Crippen molar-refractivity contribution in [2.24, 2.45) is 0 Å². The smallest absolute Gasteiger partial charge is 0.127 e. The van der Waals surface area contributed by atoms with E-state index in [0.717, 1.165) is 18.2 Å². The molecule has 1 aliphatic rings. The van der Waals surface area contributed by atoms with Gasteiger partial charge in [-0.2, -0.15) is 0 Å². The molecule has 1 atom stereocenters. The summed E-state index contributed by atoms with van der Waals surface area (Å²) in [7, 11) is 4.98. The zero-order valence-corrected chi connectivity index (χ0v) is 4.77. The Hall–Kier alpha value is -0.595. The van der Waals surface area contributed by atoms with Crippen LogP contribution >= 0.6 is 0 Å². The van der Waals surface area contributed by atoms with Crippen molar-refractivity contribution in [2.75, 3.05) is 0 Å². The summed E-state index contributed by atoms with van der Waals surface area (Å²) in [6.07, 6.45) is 3.10. The average Bonchev–Trinajstić information content (AvgIpc) is 1.78. The molecule has 0 bridgehead atoms. The second-order valence-corrected chi connectivity index (χ2v) is 2.05. The molecule has 0 fully saturated rings. The van der Waals surface area contributed by atoms with Crippen molar-refractivity contribution in [3.8, 4) is 0 Å². The van der Waals surface area contributed by atoms with Gasteiger partial charge in [-0.1, -0.05) is 6.08 Å². The quantitative estimate of drug-likeness (QED) is 0.432. The number of hydrogen-bond donors (Lipinski definition) is 0. The maximum atomic E-state index is 12.5.